The minimum absolute atomic E-state index is 0.0154. The van der Waals surface area contributed by atoms with Gasteiger partial charge < -0.3 is 10.1 Å². The average Bonchev–Trinajstić information content (AvgIpc) is 2.85. The van der Waals surface area contributed by atoms with E-state index in [9.17, 15) is 19.2 Å². The molecule has 0 spiro atoms. The summed E-state index contributed by atoms with van der Waals surface area (Å²) < 4.78 is 5.50. The van der Waals surface area contributed by atoms with Crippen LogP contribution in [0.1, 0.15) is 11.1 Å². The number of hydrogen-bond donors (Lipinski definition) is 2. The highest BCUT2D eigenvalue weighted by Gasteiger charge is 2.37. The summed E-state index contributed by atoms with van der Waals surface area (Å²) in [5.74, 6) is -2.28. The van der Waals surface area contributed by atoms with Crippen LogP contribution in [0.15, 0.2) is 54.1 Å². The lowest BCUT2D eigenvalue weighted by molar-refractivity contribution is -0.122. The zero-order chi connectivity index (χ0) is 28.4. The highest BCUT2D eigenvalue weighted by Crippen LogP contribution is 2.36. The summed E-state index contributed by atoms with van der Waals surface area (Å²) in [5, 5.41) is 5.62. The predicted molar refractivity (Wildman–Crippen MR) is 152 cm³/mol. The molecule has 0 unspecified atom stereocenters. The van der Waals surface area contributed by atoms with E-state index >= 15 is 0 Å². The minimum Gasteiger partial charge on any atom is -0.481 e. The van der Waals surface area contributed by atoms with Crippen molar-refractivity contribution in [3.05, 3.63) is 90.3 Å². The number of benzene rings is 3. The summed E-state index contributed by atoms with van der Waals surface area (Å²) in [5.41, 5.74) is 1.36. The largest absolute Gasteiger partial charge is 0.481 e. The lowest BCUT2D eigenvalue weighted by Gasteiger charge is -2.26. The minimum atomic E-state index is -0.952. The standard InChI is InChI=1S/C26H16Cl5N3O5/c1-12-2-3-14(9-18(12)28)32-22(35)11-39-23-20(30)7-13(8-21(23)31)6-16-24(36)33-26(38)34(25(16)37)15-4-5-17(27)19(29)10-15/h2-10H,11H2,1H3,(H,32,35)(H,33,36,38)/b16-6-. The van der Waals surface area contributed by atoms with Crippen molar-refractivity contribution in [3.8, 4) is 5.75 Å². The molecule has 1 heterocycles. The van der Waals surface area contributed by atoms with Gasteiger partial charge in [-0.1, -0.05) is 64.1 Å². The van der Waals surface area contributed by atoms with E-state index in [1.165, 1.54) is 36.4 Å². The van der Waals surface area contributed by atoms with Crippen LogP contribution in [-0.2, 0) is 14.4 Å². The molecule has 0 aromatic heterocycles. The maximum Gasteiger partial charge on any atom is 0.335 e. The van der Waals surface area contributed by atoms with Gasteiger partial charge >= 0.3 is 6.03 Å². The van der Waals surface area contributed by atoms with Crippen LogP contribution in [0.3, 0.4) is 0 Å². The van der Waals surface area contributed by atoms with Crippen LogP contribution in [0.2, 0.25) is 25.1 Å². The van der Waals surface area contributed by atoms with Gasteiger partial charge in [-0.3, -0.25) is 19.7 Å². The number of nitrogens with zero attached hydrogens (tertiary/aromatic N) is 1. The van der Waals surface area contributed by atoms with E-state index in [0.29, 0.717) is 10.7 Å². The zero-order valence-corrected chi connectivity index (χ0v) is 23.6. The van der Waals surface area contributed by atoms with E-state index in [1.807, 2.05) is 6.92 Å². The maximum atomic E-state index is 13.1. The first-order chi connectivity index (χ1) is 18.4. The Bertz CT molecular complexity index is 1550. The van der Waals surface area contributed by atoms with E-state index in [-0.39, 0.29) is 42.7 Å². The number of barbiturate groups is 1. The molecule has 4 rings (SSSR count). The molecule has 0 radical (unpaired) electrons. The van der Waals surface area contributed by atoms with E-state index in [1.54, 1.807) is 18.2 Å². The molecular formula is C26H16Cl5N3O5. The van der Waals surface area contributed by atoms with Gasteiger partial charge in [-0.2, -0.15) is 0 Å². The number of aryl methyl sites for hydroxylation is 1. The quantitative estimate of drug-likeness (QED) is 0.228. The van der Waals surface area contributed by atoms with Crippen molar-refractivity contribution in [3.63, 3.8) is 0 Å². The lowest BCUT2D eigenvalue weighted by atomic mass is 10.1. The Morgan fingerprint density at radius 3 is 2.23 bits per heavy atom. The molecule has 3 aromatic carbocycles. The second-order valence-electron chi connectivity index (χ2n) is 8.17. The summed E-state index contributed by atoms with van der Waals surface area (Å²) in [4.78, 5) is 51.1. The molecule has 1 aliphatic rings. The fraction of sp³-hybridized carbons (Fsp3) is 0.0769. The van der Waals surface area contributed by atoms with Crippen molar-refractivity contribution in [1.29, 1.82) is 0 Å². The first kappa shape index (κ1) is 28.7. The Hall–Kier alpha value is -3.27. The smallest absolute Gasteiger partial charge is 0.335 e. The molecule has 0 saturated carbocycles. The van der Waals surface area contributed by atoms with Gasteiger partial charge in [0.25, 0.3) is 17.7 Å². The van der Waals surface area contributed by atoms with E-state index in [0.717, 1.165) is 10.5 Å². The summed E-state index contributed by atoms with van der Waals surface area (Å²) in [6.45, 7) is 1.43. The number of amides is 5. The third-order valence-electron chi connectivity index (χ3n) is 5.40. The summed E-state index contributed by atoms with van der Waals surface area (Å²) >= 11 is 30.7. The van der Waals surface area contributed by atoms with Crippen LogP contribution < -0.4 is 20.3 Å². The molecule has 2 N–H and O–H groups in total. The Kier molecular flexibility index (Phi) is 8.73. The monoisotopic (exact) mass is 625 g/mol. The first-order valence-corrected chi connectivity index (χ1v) is 12.9. The molecule has 3 aromatic rings. The van der Waals surface area contributed by atoms with Crippen LogP contribution in [0.5, 0.6) is 5.75 Å². The molecule has 1 fully saturated rings. The van der Waals surface area contributed by atoms with Crippen molar-refractivity contribution >= 4 is 99.2 Å². The lowest BCUT2D eigenvalue weighted by Crippen LogP contribution is -2.54. The molecule has 200 valence electrons. The number of carbonyl (C=O) groups excluding carboxylic acids is 4. The molecule has 5 amide bonds. The summed E-state index contributed by atoms with van der Waals surface area (Å²) in [6, 6.07) is 11.0. The van der Waals surface area contributed by atoms with Crippen LogP contribution in [0.4, 0.5) is 16.2 Å². The van der Waals surface area contributed by atoms with Crippen LogP contribution in [0, 0.1) is 6.92 Å². The SMILES string of the molecule is Cc1ccc(NC(=O)COc2c(Cl)cc(/C=C3/C(=O)NC(=O)N(c4ccc(Cl)c(Cl)c4)C3=O)cc2Cl)cc1Cl. The summed E-state index contributed by atoms with van der Waals surface area (Å²) in [7, 11) is 0. The van der Waals surface area contributed by atoms with Gasteiger partial charge in [-0.25, -0.2) is 9.69 Å². The Morgan fingerprint density at radius 2 is 1.59 bits per heavy atom. The van der Waals surface area contributed by atoms with Gasteiger partial charge in [-0.15, -0.1) is 0 Å². The highest BCUT2D eigenvalue weighted by molar-refractivity contribution is 6.43. The second kappa shape index (κ2) is 11.9. The molecule has 39 heavy (non-hydrogen) atoms. The van der Waals surface area contributed by atoms with Crippen molar-refractivity contribution in [2.75, 3.05) is 16.8 Å². The third-order valence-corrected chi connectivity index (χ3v) is 7.11. The number of rotatable bonds is 6. The van der Waals surface area contributed by atoms with Gasteiger partial charge in [0.15, 0.2) is 12.4 Å². The first-order valence-electron chi connectivity index (χ1n) is 11.0. The number of hydrogen-bond acceptors (Lipinski definition) is 5. The average molecular weight is 628 g/mol. The van der Waals surface area contributed by atoms with Gasteiger partial charge in [0, 0.05) is 10.7 Å². The Morgan fingerprint density at radius 1 is 0.897 bits per heavy atom. The van der Waals surface area contributed by atoms with Crippen molar-refractivity contribution in [2.24, 2.45) is 0 Å². The number of ether oxygens (including phenoxy) is 1. The number of halogens is 5. The number of urea groups is 1. The molecule has 0 aliphatic carbocycles. The third kappa shape index (κ3) is 6.49. The second-order valence-corrected chi connectivity index (χ2v) is 10.2. The number of carbonyl (C=O) groups is 4. The van der Waals surface area contributed by atoms with Crippen LogP contribution >= 0.6 is 58.0 Å². The fourth-order valence-electron chi connectivity index (χ4n) is 3.49. The number of imide groups is 2. The van der Waals surface area contributed by atoms with Crippen molar-refractivity contribution in [1.82, 2.24) is 5.32 Å². The van der Waals surface area contributed by atoms with Gasteiger partial charge in [-0.05, 0) is 66.6 Å². The fourth-order valence-corrected chi connectivity index (χ4v) is 4.57. The van der Waals surface area contributed by atoms with E-state index in [2.05, 4.69) is 10.6 Å². The van der Waals surface area contributed by atoms with E-state index < -0.39 is 30.4 Å². The molecule has 0 bridgehead atoms. The molecule has 1 saturated heterocycles. The van der Waals surface area contributed by atoms with E-state index in [4.69, 9.17) is 62.7 Å². The Balaban J connectivity index is 1.52. The van der Waals surface area contributed by atoms with Gasteiger partial charge in [0.1, 0.15) is 5.57 Å². The Labute approximate surface area is 247 Å². The van der Waals surface area contributed by atoms with Crippen LogP contribution in [0.25, 0.3) is 6.08 Å². The zero-order valence-electron chi connectivity index (χ0n) is 19.8. The normalized spacial score (nSPS) is 14.5. The topological polar surface area (TPSA) is 105 Å². The molecule has 1 aliphatic heterocycles. The predicted octanol–water partition coefficient (Wildman–Crippen LogP) is 6.95. The number of anilines is 2. The number of nitrogens with one attached hydrogen (secondary N) is 2. The molecule has 8 nitrogen and oxygen atoms in total. The molecule has 13 heteroatoms. The van der Waals surface area contributed by atoms with Crippen molar-refractivity contribution < 1.29 is 23.9 Å². The highest BCUT2D eigenvalue weighted by atomic mass is 35.5. The van der Waals surface area contributed by atoms with Crippen LogP contribution in [-0.4, -0.2) is 30.4 Å². The van der Waals surface area contributed by atoms with Gasteiger partial charge in [0.05, 0.1) is 25.8 Å². The van der Waals surface area contributed by atoms with Gasteiger partial charge in [0.2, 0.25) is 0 Å². The van der Waals surface area contributed by atoms with Crippen molar-refractivity contribution in [2.45, 2.75) is 6.92 Å². The summed E-state index contributed by atoms with van der Waals surface area (Å²) in [6.07, 6.45) is 1.21. The molecular weight excluding hydrogens is 612 g/mol. The maximum absolute atomic E-state index is 13.1. The molecule has 0 atom stereocenters.